The molecule has 0 saturated heterocycles. The van der Waals surface area contributed by atoms with Crippen molar-refractivity contribution >= 4 is 0 Å². The van der Waals surface area contributed by atoms with Gasteiger partial charge < -0.3 is 14.8 Å². The van der Waals surface area contributed by atoms with E-state index in [2.05, 4.69) is 17.2 Å². The van der Waals surface area contributed by atoms with Gasteiger partial charge in [0.25, 0.3) is 0 Å². The van der Waals surface area contributed by atoms with Crippen LogP contribution in [0.3, 0.4) is 0 Å². The molecule has 4 heteroatoms. The van der Waals surface area contributed by atoms with Gasteiger partial charge in [-0.2, -0.15) is 0 Å². The second-order valence-corrected chi connectivity index (χ2v) is 3.96. The Morgan fingerprint density at radius 3 is 2.84 bits per heavy atom. The summed E-state index contributed by atoms with van der Waals surface area (Å²) in [5.74, 6) is 5.58. The molecule has 0 aliphatic rings. The minimum absolute atomic E-state index is 0.276. The van der Waals surface area contributed by atoms with Crippen molar-refractivity contribution in [3.8, 4) is 17.6 Å². The Bertz CT molecular complexity index is 438. The molecule has 0 bridgehead atoms. The van der Waals surface area contributed by atoms with Crippen LogP contribution in [0.25, 0.3) is 0 Å². The van der Waals surface area contributed by atoms with Gasteiger partial charge in [0.2, 0.25) is 0 Å². The van der Waals surface area contributed by atoms with E-state index in [-0.39, 0.29) is 11.6 Å². The van der Waals surface area contributed by atoms with E-state index in [9.17, 15) is 4.39 Å². The monoisotopic (exact) mass is 265 g/mol. The zero-order valence-corrected chi connectivity index (χ0v) is 11.5. The predicted octanol–water partition coefficient (Wildman–Crippen LogP) is 2.35. The lowest BCUT2D eigenvalue weighted by molar-refractivity contribution is 0.199. The topological polar surface area (TPSA) is 30.5 Å². The van der Waals surface area contributed by atoms with Crippen LogP contribution in [0.4, 0.5) is 4.39 Å². The van der Waals surface area contributed by atoms with Crippen molar-refractivity contribution in [1.82, 2.24) is 5.32 Å². The number of hydrogen-bond donors (Lipinski definition) is 1. The summed E-state index contributed by atoms with van der Waals surface area (Å²) in [7, 11) is 1.65. The molecular weight excluding hydrogens is 245 g/mol. The first-order chi connectivity index (χ1) is 9.27. The number of halogens is 1. The van der Waals surface area contributed by atoms with Crippen molar-refractivity contribution < 1.29 is 13.9 Å². The average molecular weight is 265 g/mol. The average Bonchev–Trinajstić information content (AvgIpc) is 2.42. The van der Waals surface area contributed by atoms with Crippen LogP contribution in [0, 0.1) is 17.7 Å². The molecule has 0 atom stereocenters. The highest BCUT2D eigenvalue weighted by Crippen LogP contribution is 2.18. The molecule has 0 spiro atoms. The molecule has 104 valence electrons. The Balaban J connectivity index is 2.41. The minimum Gasteiger partial charge on any atom is -0.490 e. The molecule has 3 nitrogen and oxygen atoms in total. The van der Waals surface area contributed by atoms with Gasteiger partial charge in [-0.05, 0) is 24.6 Å². The van der Waals surface area contributed by atoms with Crippen molar-refractivity contribution in [3.63, 3.8) is 0 Å². The standard InChI is InChI=1S/C15H20FNO2/c1-3-4-5-9-19-15-7-6-13(11-14(15)16)12-17-8-10-18-2/h6-7,11,17H,5,8-10,12H2,1-2H3. The molecule has 1 N–H and O–H groups in total. The molecule has 0 radical (unpaired) electrons. The van der Waals surface area contributed by atoms with Crippen LogP contribution in [0.15, 0.2) is 18.2 Å². The minimum atomic E-state index is -0.338. The lowest BCUT2D eigenvalue weighted by Gasteiger charge is -2.08. The van der Waals surface area contributed by atoms with Gasteiger partial charge in [0, 0.05) is 26.6 Å². The lowest BCUT2D eigenvalue weighted by atomic mass is 10.2. The van der Waals surface area contributed by atoms with Gasteiger partial charge in [-0.1, -0.05) is 6.07 Å². The van der Waals surface area contributed by atoms with E-state index in [1.165, 1.54) is 6.07 Å². The first kappa shape index (κ1) is 15.5. The van der Waals surface area contributed by atoms with Gasteiger partial charge in [0.1, 0.15) is 0 Å². The van der Waals surface area contributed by atoms with Gasteiger partial charge in [-0.15, -0.1) is 11.8 Å². The molecule has 1 aromatic carbocycles. The first-order valence-electron chi connectivity index (χ1n) is 6.28. The summed E-state index contributed by atoms with van der Waals surface area (Å²) in [6.07, 6.45) is 0.607. The second-order valence-electron chi connectivity index (χ2n) is 3.96. The number of rotatable bonds is 8. The fourth-order valence-electron chi connectivity index (χ4n) is 1.52. The molecule has 0 saturated carbocycles. The van der Waals surface area contributed by atoms with E-state index in [0.29, 0.717) is 26.2 Å². The fourth-order valence-corrected chi connectivity index (χ4v) is 1.52. The molecule has 19 heavy (non-hydrogen) atoms. The normalized spacial score (nSPS) is 9.84. The van der Waals surface area contributed by atoms with Gasteiger partial charge in [0.15, 0.2) is 11.6 Å². The van der Waals surface area contributed by atoms with Crippen molar-refractivity contribution in [3.05, 3.63) is 29.6 Å². The highest BCUT2D eigenvalue weighted by molar-refractivity contribution is 5.29. The third-order valence-corrected chi connectivity index (χ3v) is 2.47. The number of nitrogens with one attached hydrogen (secondary N) is 1. The zero-order valence-electron chi connectivity index (χ0n) is 11.5. The van der Waals surface area contributed by atoms with Crippen LogP contribution in [-0.4, -0.2) is 26.9 Å². The second kappa shape index (κ2) is 9.37. The predicted molar refractivity (Wildman–Crippen MR) is 73.5 cm³/mol. The maximum atomic E-state index is 13.7. The van der Waals surface area contributed by atoms with Gasteiger partial charge in [0.05, 0.1) is 13.2 Å². The summed E-state index contributed by atoms with van der Waals surface area (Å²) in [6, 6.07) is 4.99. The van der Waals surface area contributed by atoms with Gasteiger partial charge in [-0.25, -0.2) is 4.39 Å². The first-order valence-corrected chi connectivity index (χ1v) is 6.28. The molecule has 0 aromatic heterocycles. The highest BCUT2D eigenvalue weighted by Gasteiger charge is 2.04. The van der Waals surface area contributed by atoms with E-state index < -0.39 is 0 Å². The molecule has 0 aliphatic carbocycles. The van der Waals surface area contributed by atoms with E-state index >= 15 is 0 Å². The van der Waals surface area contributed by atoms with Crippen LogP contribution in [-0.2, 0) is 11.3 Å². The van der Waals surface area contributed by atoms with E-state index in [1.54, 1.807) is 20.1 Å². The third kappa shape index (κ3) is 6.23. The smallest absolute Gasteiger partial charge is 0.165 e. The number of hydrogen-bond acceptors (Lipinski definition) is 3. The summed E-state index contributed by atoms with van der Waals surface area (Å²) >= 11 is 0. The fraction of sp³-hybridized carbons (Fsp3) is 0.467. The Labute approximate surface area is 114 Å². The van der Waals surface area contributed by atoms with Crippen molar-refractivity contribution in [2.45, 2.75) is 19.9 Å². The van der Waals surface area contributed by atoms with Crippen LogP contribution >= 0.6 is 0 Å². The molecule has 1 aromatic rings. The number of benzene rings is 1. The number of ether oxygens (including phenoxy) is 2. The van der Waals surface area contributed by atoms with Crippen molar-refractivity contribution in [2.24, 2.45) is 0 Å². The van der Waals surface area contributed by atoms with E-state index in [1.807, 2.05) is 6.07 Å². The maximum absolute atomic E-state index is 13.7. The largest absolute Gasteiger partial charge is 0.490 e. The summed E-state index contributed by atoms with van der Waals surface area (Å²) in [5, 5.41) is 3.16. The maximum Gasteiger partial charge on any atom is 0.165 e. The van der Waals surface area contributed by atoms with Crippen LogP contribution in [0.5, 0.6) is 5.75 Å². The Kier molecular flexibility index (Phi) is 7.64. The van der Waals surface area contributed by atoms with Gasteiger partial charge >= 0.3 is 0 Å². The molecule has 0 unspecified atom stereocenters. The Hall–Kier alpha value is -1.57. The van der Waals surface area contributed by atoms with Crippen LogP contribution in [0.2, 0.25) is 0 Å². The SMILES string of the molecule is CC#CCCOc1ccc(CNCCOC)cc1F. The molecular formula is C15H20FNO2. The zero-order chi connectivity index (χ0) is 13.9. The highest BCUT2D eigenvalue weighted by atomic mass is 19.1. The van der Waals surface area contributed by atoms with E-state index in [4.69, 9.17) is 9.47 Å². The third-order valence-electron chi connectivity index (χ3n) is 2.47. The summed E-state index contributed by atoms with van der Waals surface area (Å²) in [5.41, 5.74) is 0.884. The molecule has 0 aliphatic heterocycles. The Morgan fingerprint density at radius 1 is 1.32 bits per heavy atom. The molecule has 1 rings (SSSR count). The van der Waals surface area contributed by atoms with E-state index in [0.717, 1.165) is 12.1 Å². The Morgan fingerprint density at radius 2 is 2.16 bits per heavy atom. The molecule has 0 heterocycles. The number of methoxy groups -OCH3 is 1. The summed E-state index contributed by atoms with van der Waals surface area (Å²) in [4.78, 5) is 0. The molecule has 0 fully saturated rings. The lowest BCUT2D eigenvalue weighted by Crippen LogP contribution is -2.18. The van der Waals surface area contributed by atoms with Crippen LogP contribution < -0.4 is 10.1 Å². The quantitative estimate of drug-likeness (QED) is 0.578. The van der Waals surface area contributed by atoms with Crippen molar-refractivity contribution in [1.29, 1.82) is 0 Å². The van der Waals surface area contributed by atoms with Gasteiger partial charge in [-0.3, -0.25) is 0 Å². The van der Waals surface area contributed by atoms with Crippen molar-refractivity contribution in [2.75, 3.05) is 26.9 Å². The molecule has 0 amide bonds. The summed E-state index contributed by atoms with van der Waals surface area (Å²) in [6.45, 7) is 4.17. The summed E-state index contributed by atoms with van der Waals surface area (Å²) < 4.78 is 24.0. The van der Waals surface area contributed by atoms with Crippen LogP contribution in [0.1, 0.15) is 18.9 Å².